The van der Waals surface area contributed by atoms with Crippen LogP contribution in [0.15, 0.2) is 27.7 Å². The number of benzene rings is 1. The predicted molar refractivity (Wildman–Crippen MR) is 69.6 cm³/mol. The van der Waals surface area contributed by atoms with Gasteiger partial charge in [-0.15, -0.1) is 0 Å². The number of halogens is 4. The molecule has 0 radical (unpaired) electrons. The van der Waals surface area contributed by atoms with Crippen LogP contribution in [-0.4, -0.2) is 12.4 Å². The highest BCUT2D eigenvalue weighted by Crippen LogP contribution is 2.33. The molecule has 1 rings (SSSR count). The first kappa shape index (κ1) is 15.0. The highest BCUT2D eigenvalue weighted by atomic mass is 79.9. The van der Waals surface area contributed by atoms with E-state index in [1.54, 1.807) is 0 Å². The lowest BCUT2D eigenvalue weighted by Gasteiger charge is -2.13. The van der Waals surface area contributed by atoms with Crippen LogP contribution >= 0.6 is 15.9 Å². The molecule has 0 bridgehead atoms. The zero-order chi connectivity index (χ0) is 13.9. The number of hydrogen-bond acceptors (Lipinski definition) is 1. The zero-order valence-corrected chi connectivity index (χ0v) is 11.6. The van der Waals surface area contributed by atoms with Gasteiger partial charge < -0.3 is 5.73 Å². The van der Waals surface area contributed by atoms with Crippen molar-refractivity contribution in [2.45, 2.75) is 20.0 Å². The average molecular weight is 323 g/mol. The van der Waals surface area contributed by atoms with Crippen molar-refractivity contribution in [1.29, 1.82) is 0 Å². The molecule has 0 atom stereocenters. The fourth-order valence-electron chi connectivity index (χ4n) is 1.34. The second kappa shape index (κ2) is 5.73. The minimum atomic E-state index is -4.45. The maximum absolute atomic E-state index is 12.9. The summed E-state index contributed by atoms with van der Waals surface area (Å²) < 4.78 is 38.9. The van der Waals surface area contributed by atoms with Crippen molar-refractivity contribution >= 4 is 21.8 Å². The van der Waals surface area contributed by atoms with Crippen molar-refractivity contribution in [3.63, 3.8) is 0 Å². The molecular weight excluding hydrogens is 309 g/mol. The van der Waals surface area contributed by atoms with E-state index >= 15 is 0 Å². The topological polar surface area (TPSA) is 38.4 Å². The largest absolute Gasteiger partial charge is 0.417 e. The van der Waals surface area contributed by atoms with Crippen molar-refractivity contribution in [3.05, 3.63) is 33.8 Å². The summed E-state index contributed by atoms with van der Waals surface area (Å²) >= 11 is 3.02. The van der Waals surface area contributed by atoms with Gasteiger partial charge in [0.05, 0.1) is 5.56 Å². The summed E-state index contributed by atoms with van der Waals surface area (Å²) in [4.78, 5) is 3.98. The van der Waals surface area contributed by atoms with E-state index < -0.39 is 11.7 Å². The van der Waals surface area contributed by atoms with E-state index in [4.69, 9.17) is 5.73 Å². The summed E-state index contributed by atoms with van der Waals surface area (Å²) in [6.07, 6.45) is -4.45. The summed E-state index contributed by atoms with van der Waals surface area (Å²) in [6.45, 7) is 4.24. The molecule has 0 saturated heterocycles. The van der Waals surface area contributed by atoms with Crippen molar-refractivity contribution in [3.8, 4) is 0 Å². The Bertz CT molecular complexity index is 453. The number of nitrogens with two attached hydrogens (primary N) is 1. The normalized spacial score (nSPS) is 13.2. The van der Waals surface area contributed by atoms with E-state index in [-0.39, 0.29) is 17.3 Å². The third-order valence-corrected chi connectivity index (χ3v) is 2.68. The molecule has 0 fully saturated rings. The monoisotopic (exact) mass is 322 g/mol. The third kappa shape index (κ3) is 4.01. The van der Waals surface area contributed by atoms with Crippen LogP contribution in [0.25, 0.3) is 0 Å². The predicted octanol–water partition coefficient (Wildman–Crippen LogP) is 3.83. The Kier molecular flexibility index (Phi) is 4.78. The Morgan fingerprint density at radius 1 is 1.39 bits per heavy atom. The van der Waals surface area contributed by atoms with Gasteiger partial charge in [0, 0.05) is 16.6 Å². The quantitative estimate of drug-likeness (QED) is 0.666. The lowest BCUT2D eigenvalue weighted by atomic mass is 10.1. The fourth-order valence-corrected chi connectivity index (χ4v) is 1.70. The number of alkyl halides is 3. The molecule has 2 nitrogen and oxygen atoms in total. The fraction of sp³-hybridized carbons (Fsp3) is 0.417. The maximum Gasteiger partial charge on any atom is 0.417 e. The molecule has 2 N–H and O–H groups in total. The summed E-state index contributed by atoms with van der Waals surface area (Å²) in [7, 11) is 0. The van der Waals surface area contributed by atoms with Gasteiger partial charge in [-0.1, -0.05) is 29.8 Å². The Balaban J connectivity index is 3.20. The standard InChI is InChI=1S/C12H14BrF3N2/c1-7(2)6-18-11(17)9-4-3-8(13)5-10(9)12(14,15)16/h3-5,7H,6H2,1-2H3,(H2,17,18). The van der Waals surface area contributed by atoms with Crippen LogP contribution in [-0.2, 0) is 6.18 Å². The highest BCUT2D eigenvalue weighted by molar-refractivity contribution is 9.10. The SMILES string of the molecule is CC(C)CN=C(N)c1ccc(Br)cc1C(F)(F)F. The van der Waals surface area contributed by atoms with Crippen LogP contribution < -0.4 is 5.73 Å². The molecule has 0 aliphatic heterocycles. The maximum atomic E-state index is 12.9. The van der Waals surface area contributed by atoms with Crippen molar-refractivity contribution in [2.24, 2.45) is 16.6 Å². The van der Waals surface area contributed by atoms with Gasteiger partial charge in [0.1, 0.15) is 5.84 Å². The summed E-state index contributed by atoms with van der Waals surface area (Å²) in [5, 5.41) is 0. The van der Waals surface area contributed by atoms with Crippen molar-refractivity contribution < 1.29 is 13.2 Å². The number of hydrogen-bond donors (Lipinski definition) is 1. The first-order chi connectivity index (χ1) is 8.21. The molecule has 0 aliphatic rings. The number of rotatable bonds is 3. The van der Waals surface area contributed by atoms with E-state index in [2.05, 4.69) is 20.9 Å². The van der Waals surface area contributed by atoms with Gasteiger partial charge in [-0.3, -0.25) is 4.99 Å². The number of nitrogens with zero attached hydrogens (tertiary/aromatic N) is 1. The van der Waals surface area contributed by atoms with Crippen molar-refractivity contribution in [2.75, 3.05) is 6.54 Å². The van der Waals surface area contributed by atoms with Crippen LogP contribution in [0.4, 0.5) is 13.2 Å². The molecule has 0 aliphatic carbocycles. The van der Waals surface area contributed by atoms with E-state index in [9.17, 15) is 13.2 Å². The van der Waals surface area contributed by atoms with Gasteiger partial charge in [0.25, 0.3) is 0 Å². The molecule has 1 aromatic rings. The van der Waals surface area contributed by atoms with E-state index in [0.717, 1.165) is 6.07 Å². The van der Waals surface area contributed by atoms with Crippen LogP contribution in [0.3, 0.4) is 0 Å². The van der Waals surface area contributed by atoms with Gasteiger partial charge in [0.15, 0.2) is 0 Å². The van der Waals surface area contributed by atoms with Gasteiger partial charge in [-0.25, -0.2) is 0 Å². The lowest BCUT2D eigenvalue weighted by molar-refractivity contribution is -0.137. The van der Waals surface area contributed by atoms with Crippen LogP contribution in [0.1, 0.15) is 25.0 Å². The van der Waals surface area contributed by atoms with E-state index in [0.29, 0.717) is 11.0 Å². The summed E-state index contributed by atoms with van der Waals surface area (Å²) in [5.41, 5.74) is 4.77. The molecule has 0 spiro atoms. The van der Waals surface area contributed by atoms with Gasteiger partial charge in [0.2, 0.25) is 0 Å². The Morgan fingerprint density at radius 3 is 2.50 bits per heavy atom. The highest BCUT2D eigenvalue weighted by Gasteiger charge is 2.34. The van der Waals surface area contributed by atoms with Crippen LogP contribution in [0.5, 0.6) is 0 Å². The molecule has 100 valence electrons. The first-order valence-corrected chi connectivity index (χ1v) is 6.18. The summed E-state index contributed by atoms with van der Waals surface area (Å²) in [6, 6.07) is 3.85. The van der Waals surface area contributed by atoms with Crippen molar-refractivity contribution in [1.82, 2.24) is 0 Å². The molecular formula is C12H14BrF3N2. The minimum absolute atomic E-state index is 0.0775. The average Bonchev–Trinajstić information content (AvgIpc) is 2.24. The van der Waals surface area contributed by atoms with Gasteiger partial charge in [-0.2, -0.15) is 13.2 Å². The molecule has 0 amide bonds. The first-order valence-electron chi connectivity index (χ1n) is 5.39. The molecule has 0 aromatic heterocycles. The van der Waals surface area contributed by atoms with Gasteiger partial charge >= 0.3 is 6.18 Å². The third-order valence-electron chi connectivity index (χ3n) is 2.19. The Hall–Kier alpha value is -1.04. The molecule has 0 heterocycles. The smallest absolute Gasteiger partial charge is 0.383 e. The minimum Gasteiger partial charge on any atom is -0.383 e. The molecule has 0 unspecified atom stereocenters. The lowest BCUT2D eigenvalue weighted by Crippen LogP contribution is -2.21. The van der Waals surface area contributed by atoms with Gasteiger partial charge in [-0.05, 0) is 24.1 Å². The number of aliphatic imine (C=N–C) groups is 1. The van der Waals surface area contributed by atoms with Crippen LogP contribution in [0, 0.1) is 5.92 Å². The summed E-state index contributed by atoms with van der Waals surface area (Å²) in [5.74, 6) is 0.164. The second-order valence-electron chi connectivity index (χ2n) is 4.31. The van der Waals surface area contributed by atoms with E-state index in [1.807, 2.05) is 13.8 Å². The van der Waals surface area contributed by atoms with E-state index in [1.165, 1.54) is 12.1 Å². The Morgan fingerprint density at radius 2 is 2.00 bits per heavy atom. The molecule has 1 aromatic carbocycles. The number of amidine groups is 1. The molecule has 0 saturated carbocycles. The molecule has 18 heavy (non-hydrogen) atoms. The molecule has 6 heteroatoms. The second-order valence-corrected chi connectivity index (χ2v) is 5.22. The zero-order valence-electron chi connectivity index (χ0n) is 10.1. The Labute approximate surface area is 112 Å². The van der Waals surface area contributed by atoms with Crippen LogP contribution in [0.2, 0.25) is 0 Å².